The highest BCUT2D eigenvalue weighted by atomic mass is 16.5. The summed E-state index contributed by atoms with van der Waals surface area (Å²) in [6.07, 6.45) is 0.669. The number of H-pyrrole nitrogens is 1. The van der Waals surface area contributed by atoms with E-state index in [1.165, 1.54) is 13.8 Å². The van der Waals surface area contributed by atoms with E-state index >= 15 is 0 Å². The van der Waals surface area contributed by atoms with Crippen molar-refractivity contribution >= 4 is 28.6 Å². The number of amides is 1. The molecule has 0 aliphatic heterocycles. The molecule has 0 aliphatic carbocycles. The lowest BCUT2D eigenvalue weighted by atomic mass is 9.95. The number of rotatable bonds is 5. The van der Waals surface area contributed by atoms with Crippen LogP contribution in [0.5, 0.6) is 0 Å². The van der Waals surface area contributed by atoms with Gasteiger partial charge in [-0.25, -0.2) is 4.79 Å². The largest absolute Gasteiger partial charge is 0.453 e. The lowest BCUT2D eigenvalue weighted by Crippen LogP contribution is -2.45. The van der Waals surface area contributed by atoms with Gasteiger partial charge in [0.05, 0.1) is 0 Å². The molecular formula is C19H24N2O4. The Hall–Kier alpha value is -2.63. The van der Waals surface area contributed by atoms with E-state index in [1.807, 2.05) is 24.3 Å². The molecule has 0 spiro atoms. The van der Waals surface area contributed by atoms with E-state index in [1.54, 1.807) is 27.0 Å². The molecule has 0 bridgehead atoms. The first-order valence-corrected chi connectivity index (χ1v) is 8.23. The van der Waals surface area contributed by atoms with Gasteiger partial charge in [0.1, 0.15) is 6.04 Å². The predicted molar refractivity (Wildman–Crippen MR) is 95.2 cm³/mol. The first-order chi connectivity index (χ1) is 11.6. The highest BCUT2D eigenvalue weighted by molar-refractivity contribution is 6.10. The summed E-state index contributed by atoms with van der Waals surface area (Å²) in [5, 5.41) is 3.38. The molecule has 2 aromatic rings. The zero-order chi connectivity index (χ0) is 18.8. The predicted octanol–water partition coefficient (Wildman–Crippen LogP) is 2.83. The van der Waals surface area contributed by atoms with Crippen LogP contribution in [0, 0.1) is 5.41 Å². The van der Waals surface area contributed by atoms with E-state index in [9.17, 15) is 14.4 Å². The summed E-state index contributed by atoms with van der Waals surface area (Å²) in [5.74, 6) is -1.19. The SMILES string of the molecule is CC(NC(=O)C(C)(C)C)C(=O)OC(C)C(=O)c1c[nH]c2ccccc12. The quantitative estimate of drug-likeness (QED) is 0.645. The topological polar surface area (TPSA) is 88.3 Å². The first-order valence-electron chi connectivity index (χ1n) is 8.23. The van der Waals surface area contributed by atoms with Crippen molar-refractivity contribution in [1.82, 2.24) is 10.3 Å². The van der Waals surface area contributed by atoms with Gasteiger partial charge in [-0.15, -0.1) is 0 Å². The Morgan fingerprint density at radius 3 is 2.40 bits per heavy atom. The summed E-state index contributed by atoms with van der Waals surface area (Å²) >= 11 is 0. The number of fused-ring (bicyclic) bond motifs is 1. The normalized spacial score (nSPS) is 14.0. The number of para-hydroxylation sites is 1. The number of esters is 1. The molecule has 2 rings (SSSR count). The summed E-state index contributed by atoms with van der Waals surface area (Å²) in [6, 6.07) is 6.58. The van der Waals surface area contributed by atoms with Crippen molar-refractivity contribution in [3.63, 3.8) is 0 Å². The number of benzene rings is 1. The number of hydrogen-bond donors (Lipinski definition) is 2. The molecule has 1 heterocycles. The second kappa shape index (κ2) is 7.09. The lowest BCUT2D eigenvalue weighted by molar-refractivity contribution is -0.150. The highest BCUT2D eigenvalue weighted by Crippen LogP contribution is 2.20. The zero-order valence-electron chi connectivity index (χ0n) is 15.2. The third-order valence-electron chi connectivity index (χ3n) is 3.90. The molecule has 1 amide bonds. The molecule has 0 saturated heterocycles. The minimum absolute atomic E-state index is 0.257. The smallest absolute Gasteiger partial charge is 0.329 e. The van der Waals surface area contributed by atoms with Crippen LogP contribution in [0.1, 0.15) is 45.0 Å². The molecule has 25 heavy (non-hydrogen) atoms. The third-order valence-corrected chi connectivity index (χ3v) is 3.90. The number of carbonyl (C=O) groups excluding carboxylic acids is 3. The van der Waals surface area contributed by atoms with Gasteiger partial charge in [-0.05, 0) is 19.9 Å². The maximum atomic E-state index is 12.6. The van der Waals surface area contributed by atoms with Crippen LogP contribution in [-0.4, -0.2) is 34.8 Å². The average molecular weight is 344 g/mol. The van der Waals surface area contributed by atoms with Crippen LogP contribution in [-0.2, 0) is 14.3 Å². The molecule has 1 aromatic heterocycles. The van der Waals surface area contributed by atoms with Gasteiger partial charge in [0, 0.05) is 28.1 Å². The van der Waals surface area contributed by atoms with Gasteiger partial charge in [-0.2, -0.15) is 0 Å². The second-order valence-corrected chi connectivity index (χ2v) is 7.14. The van der Waals surface area contributed by atoms with E-state index in [2.05, 4.69) is 10.3 Å². The Morgan fingerprint density at radius 2 is 1.76 bits per heavy atom. The van der Waals surface area contributed by atoms with Crippen LogP contribution in [0.2, 0.25) is 0 Å². The number of ketones is 1. The van der Waals surface area contributed by atoms with Gasteiger partial charge in [-0.1, -0.05) is 39.0 Å². The van der Waals surface area contributed by atoms with E-state index in [-0.39, 0.29) is 11.7 Å². The Morgan fingerprint density at radius 1 is 1.12 bits per heavy atom. The monoisotopic (exact) mass is 344 g/mol. The average Bonchev–Trinajstić information content (AvgIpc) is 2.96. The Kier molecular flexibility index (Phi) is 5.30. The molecule has 134 valence electrons. The fourth-order valence-corrected chi connectivity index (χ4v) is 2.30. The first kappa shape index (κ1) is 18.7. The molecule has 6 nitrogen and oxygen atoms in total. The zero-order valence-corrected chi connectivity index (χ0v) is 15.2. The molecule has 0 fully saturated rings. The van der Waals surface area contributed by atoms with E-state index in [0.29, 0.717) is 5.56 Å². The van der Waals surface area contributed by atoms with Crippen LogP contribution in [0.15, 0.2) is 30.5 Å². The molecule has 0 saturated carbocycles. The van der Waals surface area contributed by atoms with Crippen molar-refractivity contribution in [1.29, 1.82) is 0 Å². The van der Waals surface area contributed by atoms with Crippen LogP contribution in [0.25, 0.3) is 10.9 Å². The molecule has 2 N–H and O–H groups in total. The standard InChI is InChI=1S/C19H24N2O4/c1-11(21-18(24)19(3,4)5)17(23)25-12(2)16(22)14-10-20-15-9-7-6-8-13(14)15/h6-12,20H,1-5H3,(H,21,24). The molecule has 6 heteroatoms. The van der Waals surface area contributed by atoms with Gasteiger partial charge in [-0.3, -0.25) is 9.59 Å². The maximum absolute atomic E-state index is 12.6. The van der Waals surface area contributed by atoms with Crippen molar-refractivity contribution in [2.75, 3.05) is 0 Å². The van der Waals surface area contributed by atoms with Gasteiger partial charge in [0.2, 0.25) is 11.7 Å². The molecule has 0 aliphatic rings. The van der Waals surface area contributed by atoms with Gasteiger partial charge >= 0.3 is 5.97 Å². The second-order valence-electron chi connectivity index (χ2n) is 7.14. The fraction of sp³-hybridized carbons (Fsp3) is 0.421. The van der Waals surface area contributed by atoms with Gasteiger partial charge in [0.15, 0.2) is 6.10 Å². The number of carbonyl (C=O) groups is 3. The minimum Gasteiger partial charge on any atom is -0.453 e. The lowest BCUT2D eigenvalue weighted by Gasteiger charge is -2.22. The Bertz CT molecular complexity index is 801. The molecule has 1 aromatic carbocycles. The van der Waals surface area contributed by atoms with E-state index in [4.69, 9.17) is 4.74 Å². The molecule has 2 atom stereocenters. The number of aromatic amines is 1. The van der Waals surface area contributed by atoms with Crippen LogP contribution >= 0.6 is 0 Å². The van der Waals surface area contributed by atoms with E-state index in [0.717, 1.165) is 10.9 Å². The van der Waals surface area contributed by atoms with Crippen LogP contribution in [0.3, 0.4) is 0 Å². The fourth-order valence-electron chi connectivity index (χ4n) is 2.30. The number of ether oxygens (including phenoxy) is 1. The third kappa shape index (κ3) is 4.26. The Balaban J connectivity index is 2.03. The summed E-state index contributed by atoms with van der Waals surface area (Å²) in [4.78, 5) is 39.7. The number of aromatic nitrogens is 1. The number of nitrogens with one attached hydrogen (secondary N) is 2. The minimum atomic E-state index is -0.944. The number of Topliss-reactive ketones (excluding diaryl/α,β-unsaturated/α-hetero) is 1. The summed E-state index contributed by atoms with van der Waals surface area (Å²) < 4.78 is 5.24. The summed E-state index contributed by atoms with van der Waals surface area (Å²) in [7, 11) is 0. The van der Waals surface area contributed by atoms with Crippen molar-refractivity contribution in [2.24, 2.45) is 5.41 Å². The molecule has 0 radical (unpaired) electrons. The van der Waals surface area contributed by atoms with Gasteiger partial charge in [0.25, 0.3) is 0 Å². The highest BCUT2D eigenvalue weighted by Gasteiger charge is 2.28. The van der Waals surface area contributed by atoms with Gasteiger partial charge < -0.3 is 15.0 Å². The van der Waals surface area contributed by atoms with Crippen molar-refractivity contribution in [2.45, 2.75) is 46.8 Å². The van der Waals surface area contributed by atoms with Crippen molar-refractivity contribution in [3.8, 4) is 0 Å². The molecular weight excluding hydrogens is 320 g/mol. The van der Waals surface area contributed by atoms with E-state index < -0.39 is 23.5 Å². The number of hydrogen-bond acceptors (Lipinski definition) is 4. The summed E-state index contributed by atoms with van der Waals surface area (Å²) in [6.45, 7) is 8.33. The van der Waals surface area contributed by atoms with Crippen molar-refractivity contribution < 1.29 is 19.1 Å². The summed E-state index contributed by atoms with van der Waals surface area (Å²) in [5.41, 5.74) is 0.706. The Labute approximate surface area is 146 Å². The van der Waals surface area contributed by atoms with Crippen LogP contribution in [0.4, 0.5) is 0 Å². The van der Waals surface area contributed by atoms with Crippen LogP contribution < -0.4 is 5.32 Å². The molecule has 2 unspecified atom stereocenters. The van der Waals surface area contributed by atoms with Crippen molar-refractivity contribution in [3.05, 3.63) is 36.0 Å². The maximum Gasteiger partial charge on any atom is 0.329 e.